The molecule has 1 saturated heterocycles. The van der Waals surface area contributed by atoms with Gasteiger partial charge in [0.2, 0.25) is 0 Å². The minimum absolute atomic E-state index is 0.121. The topological polar surface area (TPSA) is 54.5 Å². The first-order valence-electron chi connectivity index (χ1n) is 10.5. The molecule has 1 aliphatic rings. The Kier molecular flexibility index (Phi) is 6.72. The van der Waals surface area contributed by atoms with Crippen molar-refractivity contribution in [2.75, 3.05) is 13.1 Å². The van der Waals surface area contributed by atoms with Gasteiger partial charge in [0, 0.05) is 31.4 Å². The molecule has 5 nitrogen and oxygen atoms in total. The van der Waals surface area contributed by atoms with Gasteiger partial charge in [0.1, 0.15) is 11.9 Å². The van der Waals surface area contributed by atoms with Crippen LogP contribution in [0.1, 0.15) is 34.5 Å². The highest BCUT2D eigenvalue weighted by Crippen LogP contribution is 2.21. The highest BCUT2D eigenvalue weighted by molar-refractivity contribution is 5.94. The van der Waals surface area contributed by atoms with Crippen LogP contribution in [0.2, 0.25) is 0 Å². The molecule has 0 radical (unpaired) electrons. The first-order valence-corrected chi connectivity index (χ1v) is 10.5. The fraction of sp³-hybridized carbons (Fsp3) is 0.280. The molecule has 0 aliphatic carbocycles. The van der Waals surface area contributed by atoms with Crippen LogP contribution in [0, 0.1) is 0 Å². The predicted molar refractivity (Wildman–Crippen MR) is 117 cm³/mol. The second-order valence-corrected chi connectivity index (χ2v) is 7.61. The summed E-state index contributed by atoms with van der Waals surface area (Å²) in [5.74, 6) is 0.630. The van der Waals surface area contributed by atoms with Gasteiger partial charge in [-0.05, 0) is 48.7 Å². The van der Waals surface area contributed by atoms with Crippen LogP contribution in [-0.2, 0) is 13.1 Å². The number of hydrogen-bond acceptors (Lipinski definition) is 4. The second kappa shape index (κ2) is 10.0. The van der Waals surface area contributed by atoms with Crippen molar-refractivity contribution in [2.45, 2.75) is 32.0 Å². The maximum Gasteiger partial charge on any atom is 0.251 e. The zero-order valence-electron chi connectivity index (χ0n) is 17.0. The molecule has 1 amide bonds. The molecule has 1 fully saturated rings. The molecule has 0 saturated carbocycles. The minimum Gasteiger partial charge on any atom is -0.490 e. The lowest BCUT2D eigenvalue weighted by Crippen LogP contribution is -2.37. The van der Waals surface area contributed by atoms with E-state index >= 15 is 0 Å². The number of aromatic nitrogens is 1. The van der Waals surface area contributed by atoms with E-state index in [-0.39, 0.29) is 12.0 Å². The number of benzene rings is 2. The Morgan fingerprint density at radius 2 is 1.80 bits per heavy atom. The summed E-state index contributed by atoms with van der Waals surface area (Å²) >= 11 is 0. The minimum atomic E-state index is -0.121. The van der Waals surface area contributed by atoms with Crippen molar-refractivity contribution in [2.24, 2.45) is 0 Å². The number of ether oxygens (including phenoxy) is 1. The van der Waals surface area contributed by atoms with Crippen LogP contribution in [-0.4, -0.2) is 35.0 Å². The lowest BCUT2D eigenvalue weighted by Gasteiger charge is -2.32. The molecule has 1 aliphatic heterocycles. The van der Waals surface area contributed by atoms with E-state index in [1.807, 2.05) is 42.5 Å². The van der Waals surface area contributed by atoms with Crippen LogP contribution < -0.4 is 10.1 Å². The van der Waals surface area contributed by atoms with Crippen LogP contribution in [0.25, 0.3) is 0 Å². The molecular formula is C25H27N3O2. The van der Waals surface area contributed by atoms with E-state index < -0.39 is 0 Å². The molecule has 4 rings (SSSR count). The monoisotopic (exact) mass is 401 g/mol. The highest BCUT2D eigenvalue weighted by atomic mass is 16.5. The van der Waals surface area contributed by atoms with Crippen LogP contribution in [0.15, 0.2) is 79.0 Å². The molecule has 30 heavy (non-hydrogen) atoms. The number of pyridine rings is 1. The van der Waals surface area contributed by atoms with Gasteiger partial charge in [0.15, 0.2) is 0 Å². The van der Waals surface area contributed by atoms with Gasteiger partial charge in [-0.25, -0.2) is 0 Å². The van der Waals surface area contributed by atoms with Gasteiger partial charge in [-0.3, -0.25) is 14.7 Å². The molecule has 3 aromatic rings. The Balaban J connectivity index is 1.27. The molecule has 0 atom stereocenters. The predicted octanol–water partition coefficient (Wildman–Crippen LogP) is 4.06. The maximum absolute atomic E-state index is 12.5. The van der Waals surface area contributed by atoms with E-state index in [0.29, 0.717) is 12.1 Å². The smallest absolute Gasteiger partial charge is 0.251 e. The molecule has 154 valence electrons. The van der Waals surface area contributed by atoms with E-state index in [2.05, 4.69) is 45.5 Å². The Hall–Kier alpha value is -3.18. The normalized spacial score (nSPS) is 14.9. The van der Waals surface area contributed by atoms with Gasteiger partial charge in [-0.1, -0.05) is 42.5 Å². The van der Waals surface area contributed by atoms with Crippen LogP contribution in [0.3, 0.4) is 0 Å². The molecule has 2 aromatic carbocycles. The van der Waals surface area contributed by atoms with E-state index in [9.17, 15) is 4.79 Å². The fourth-order valence-corrected chi connectivity index (χ4v) is 3.71. The van der Waals surface area contributed by atoms with Crippen LogP contribution >= 0.6 is 0 Å². The third-order valence-corrected chi connectivity index (χ3v) is 5.34. The van der Waals surface area contributed by atoms with Crippen LogP contribution in [0.4, 0.5) is 0 Å². The molecule has 0 bridgehead atoms. The van der Waals surface area contributed by atoms with Crippen molar-refractivity contribution >= 4 is 5.91 Å². The lowest BCUT2D eigenvalue weighted by molar-refractivity contribution is 0.0934. The molecule has 1 aromatic heterocycles. The average Bonchev–Trinajstić information content (AvgIpc) is 2.80. The molecule has 0 spiro atoms. The summed E-state index contributed by atoms with van der Waals surface area (Å²) in [6.07, 6.45) is 3.89. The summed E-state index contributed by atoms with van der Waals surface area (Å²) in [5.41, 5.74) is 2.78. The summed E-state index contributed by atoms with van der Waals surface area (Å²) in [7, 11) is 0. The van der Waals surface area contributed by atoms with Crippen molar-refractivity contribution < 1.29 is 9.53 Å². The van der Waals surface area contributed by atoms with Crippen molar-refractivity contribution in [3.05, 3.63) is 95.8 Å². The zero-order valence-corrected chi connectivity index (χ0v) is 17.0. The lowest BCUT2D eigenvalue weighted by atomic mass is 10.1. The number of rotatable bonds is 7. The first kappa shape index (κ1) is 20.1. The van der Waals surface area contributed by atoms with E-state index in [0.717, 1.165) is 43.9 Å². The number of carbonyl (C=O) groups excluding carboxylic acids is 1. The van der Waals surface area contributed by atoms with Crippen molar-refractivity contribution in [3.8, 4) is 5.75 Å². The fourth-order valence-electron chi connectivity index (χ4n) is 3.71. The zero-order chi connectivity index (χ0) is 20.6. The Morgan fingerprint density at radius 1 is 1.00 bits per heavy atom. The maximum atomic E-state index is 12.5. The second-order valence-electron chi connectivity index (χ2n) is 7.61. The number of amides is 1. The van der Waals surface area contributed by atoms with Crippen LogP contribution in [0.5, 0.6) is 5.75 Å². The van der Waals surface area contributed by atoms with Gasteiger partial charge in [-0.2, -0.15) is 0 Å². The Bertz CT molecular complexity index is 939. The van der Waals surface area contributed by atoms with E-state index in [4.69, 9.17) is 4.74 Å². The number of hydrogen-bond donors (Lipinski definition) is 1. The standard InChI is InChI=1S/C25H27N3O2/c29-25(27-18-22-10-4-5-14-26-22)21-9-6-11-24(17-21)30-23-12-15-28(16-13-23)19-20-7-2-1-3-8-20/h1-11,14,17,23H,12-13,15-16,18-19H2,(H,27,29). The molecule has 5 heteroatoms. The van der Waals surface area contributed by atoms with Crippen molar-refractivity contribution in [3.63, 3.8) is 0 Å². The quantitative estimate of drug-likeness (QED) is 0.649. The van der Waals surface area contributed by atoms with Gasteiger partial charge in [0.25, 0.3) is 5.91 Å². The Morgan fingerprint density at radius 3 is 2.57 bits per heavy atom. The van der Waals surface area contributed by atoms with Gasteiger partial charge < -0.3 is 10.1 Å². The summed E-state index contributed by atoms with van der Waals surface area (Å²) in [6, 6.07) is 23.7. The van der Waals surface area contributed by atoms with E-state index in [1.54, 1.807) is 6.20 Å². The molecule has 1 N–H and O–H groups in total. The summed E-state index contributed by atoms with van der Waals surface area (Å²) in [5, 5.41) is 2.91. The molecule has 0 unspecified atom stereocenters. The first-order chi connectivity index (χ1) is 14.8. The summed E-state index contributed by atoms with van der Waals surface area (Å²) < 4.78 is 6.19. The number of piperidine rings is 1. The number of nitrogens with one attached hydrogen (secondary N) is 1. The number of nitrogens with zero attached hydrogens (tertiary/aromatic N) is 2. The Labute approximate surface area is 177 Å². The van der Waals surface area contributed by atoms with E-state index in [1.165, 1.54) is 5.56 Å². The third kappa shape index (κ3) is 5.67. The van der Waals surface area contributed by atoms with Gasteiger partial charge in [0.05, 0.1) is 12.2 Å². The number of carbonyl (C=O) groups is 1. The van der Waals surface area contributed by atoms with Crippen molar-refractivity contribution in [1.82, 2.24) is 15.2 Å². The van der Waals surface area contributed by atoms with Gasteiger partial charge in [-0.15, -0.1) is 0 Å². The molecular weight excluding hydrogens is 374 g/mol. The average molecular weight is 402 g/mol. The number of likely N-dealkylation sites (tertiary alicyclic amines) is 1. The summed E-state index contributed by atoms with van der Waals surface area (Å²) in [6.45, 7) is 3.43. The largest absolute Gasteiger partial charge is 0.490 e. The van der Waals surface area contributed by atoms with Gasteiger partial charge >= 0.3 is 0 Å². The molecule has 2 heterocycles. The highest BCUT2D eigenvalue weighted by Gasteiger charge is 2.21. The summed E-state index contributed by atoms with van der Waals surface area (Å²) in [4.78, 5) is 19.2. The third-order valence-electron chi connectivity index (χ3n) is 5.34. The SMILES string of the molecule is O=C(NCc1ccccn1)c1cccc(OC2CCN(Cc3ccccc3)CC2)c1. The van der Waals surface area contributed by atoms with Crippen molar-refractivity contribution in [1.29, 1.82) is 0 Å².